The molecule has 0 aliphatic carbocycles. The second kappa shape index (κ2) is 9.46. The minimum atomic E-state index is -0.931. The van der Waals surface area contributed by atoms with Crippen LogP contribution >= 0.6 is 0 Å². The summed E-state index contributed by atoms with van der Waals surface area (Å²) in [5.74, 6) is 0. The summed E-state index contributed by atoms with van der Waals surface area (Å²) in [5, 5.41) is 18.3. The summed E-state index contributed by atoms with van der Waals surface area (Å²) in [6.45, 7) is 5.49. The van der Waals surface area contributed by atoms with Crippen molar-refractivity contribution in [2.75, 3.05) is 33.2 Å². The molecule has 1 aromatic heterocycles. The van der Waals surface area contributed by atoms with Gasteiger partial charge in [0.15, 0.2) is 0 Å². The van der Waals surface area contributed by atoms with Gasteiger partial charge in [0.25, 0.3) is 5.56 Å². The number of benzene rings is 3. The number of carboxylic acid groups (broad SMARTS) is 1. The van der Waals surface area contributed by atoms with Crippen LogP contribution in [-0.4, -0.2) is 69.3 Å². The number of H-pyrrole nitrogens is 1. The fraction of sp³-hybridized carbons (Fsp3) is 0.276. The van der Waals surface area contributed by atoms with Crippen molar-refractivity contribution in [1.29, 1.82) is 0 Å². The van der Waals surface area contributed by atoms with Crippen LogP contribution < -0.4 is 5.56 Å². The molecule has 1 unspecified atom stereocenters. The van der Waals surface area contributed by atoms with Crippen LogP contribution in [0.4, 0.5) is 4.79 Å². The fourth-order valence-electron chi connectivity index (χ4n) is 5.56. The monoisotopic (exact) mass is 495 g/mol. The summed E-state index contributed by atoms with van der Waals surface area (Å²) in [6.07, 6.45) is -0.931. The molecule has 6 rings (SSSR count). The van der Waals surface area contributed by atoms with E-state index in [1.165, 1.54) is 10.5 Å². The SMILES string of the molecule is CN1CCN(Cc2ccc3c(c2)CN(C(=O)O)C3c2ccc(-c3n[nH]c(=O)c4ccccc34)cc2)CC1. The van der Waals surface area contributed by atoms with Crippen molar-refractivity contribution in [3.63, 3.8) is 0 Å². The molecule has 0 radical (unpaired) electrons. The Morgan fingerprint density at radius 1 is 1.00 bits per heavy atom. The van der Waals surface area contributed by atoms with E-state index in [1.54, 1.807) is 6.07 Å². The van der Waals surface area contributed by atoms with Gasteiger partial charge >= 0.3 is 6.09 Å². The minimum Gasteiger partial charge on any atom is -0.465 e. The van der Waals surface area contributed by atoms with Gasteiger partial charge in [0.2, 0.25) is 0 Å². The van der Waals surface area contributed by atoms with Crippen molar-refractivity contribution in [3.8, 4) is 11.3 Å². The van der Waals surface area contributed by atoms with Crippen LogP contribution in [-0.2, 0) is 13.1 Å². The number of amides is 1. The van der Waals surface area contributed by atoms with Gasteiger partial charge in [0.1, 0.15) is 0 Å². The van der Waals surface area contributed by atoms with Gasteiger partial charge in [-0.25, -0.2) is 9.89 Å². The quantitative estimate of drug-likeness (QED) is 0.446. The van der Waals surface area contributed by atoms with Crippen LogP contribution in [0.25, 0.3) is 22.0 Å². The molecule has 188 valence electrons. The lowest BCUT2D eigenvalue weighted by molar-refractivity contribution is 0.136. The van der Waals surface area contributed by atoms with E-state index in [1.807, 2.05) is 42.5 Å². The molecular formula is C29H29N5O3. The molecule has 2 aliphatic rings. The normalized spacial score (nSPS) is 18.3. The number of carbonyl (C=O) groups is 1. The van der Waals surface area contributed by atoms with Crippen LogP contribution in [0.1, 0.15) is 28.3 Å². The van der Waals surface area contributed by atoms with E-state index < -0.39 is 6.09 Å². The van der Waals surface area contributed by atoms with Crippen LogP contribution in [0.2, 0.25) is 0 Å². The number of hydrogen-bond donors (Lipinski definition) is 2. The minimum absolute atomic E-state index is 0.220. The van der Waals surface area contributed by atoms with E-state index in [-0.39, 0.29) is 11.6 Å². The largest absolute Gasteiger partial charge is 0.465 e. The Morgan fingerprint density at radius 3 is 2.46 bits per heavy atom. The molecule has 0 saturated carbocycles. The third-order valence-corrected chi connectivity index (χ3v) is 7.60. The third-order valence-electron chi connectivity index (χ3n) is 7.60. The molecule has 4 aromatic rings. The van der Waals surface area contributed by atoms with Crippen LogP contribution in [0.3, 0.4) is 0 Å². The highest BCUT2D eigenvalue weighted by molar-refractivity contribution is 5.93. The highest BCUT2D eigenvalue weighted by Crippen LogP contribution is 2.40. The molecule has 0 bridgehead atoms. The second-order valence-corrected chi connectivity index (χ2v) is 9.99. The predicted octanol–water partition coefficient (Wildman–Crippen LogP) is 3.92. The smallest absolute Gasteiger partial charge is 0.408 e. The van der Waals surface area contributed by atoms with Gasteiger partial charge in [-0.05, 0) is 35.4 Å². The van der Waals surface area contributed by atoms with Crippen molar-refractivity contribution in [1.82, 2.24) is 24.9 Å². The zero-order valence-corrected chi connectivity index (χ0v) is 20.7. The predicted molar refractivity (Wildman–Crippen MR) is 142 cm³/mol. The van der Waals surface area contributed by atoms with Gasteiger partial charge in [0, 0.05) is 43.7 Å². The van der Waals surface area contributed by atoms with E-state index in [4.69, 9.17) is 0 Å². The molecule has 1 fully saturated rings. The maximum absolute atomic E-state index is 12.2. The van der Waals surface area contributed by atoms with Gasteiger partial charge in [-0.15, -0.1) is 0 Å². The number of likely N-dealkylation sites (N-methyl/N-ethyl adjacent to an activating group) is 1. The molecule has 0 spiro atoms. The summed E-state index contributed by atoms with van der Waals surface area (Å²) in [5.41, 5.74) is 5.56. The van der Waals surface area contributed by atoms with E-state index in [0.717, 1.165) is 60.4 Å². The number of piperazine rings is 1. The first-order valence-corrected chi connectivity index (χ1v) is 12.6. The molecule has 1 atom stereocenters. The number of nitrogens with zero attached hydrogens (tertiary/aromatic N) is 4. The molecular weight excluding hydrogens is 466 g/mol. The number of rotatable bonds is 4. The van der Waals surface area contributed by atoms with Crippen molar-refractivity contribution in [3.05, 3.63) is 99.3 Å². The first-order chi connectivity index (χ1) is 18.0. The number of nitrogens with one attached hydrogen (secondary N) is 1. The van der Waals surface area contributed by atoms with Gasteiger partial charge in [-0.1, -0.05) is 60.7 Å². The average Bonchev–Trinajstić information content (AvgIpc) is 3.30. The molecule has 1 saturated heterocycles. The highest BCUT2D eigenvalue weighted by Gasteiger charge is 2.35. The first-order valence-electron chi connectivity index (χ1n) is 12.6. The molecule has 3 aromatic carbocycles. The summed E-state index contributed by atoms with van der Waals surface area (Å²) in [6, 6.07) is 21.3. The van der Waals surface area contributed by atoms with Crippen LogP contribution in [0.5, 0.6) is 0 Å². The fourth-order valence-corrected chi connectivity index (χ4v) is 5.56. The van der Waals surface area contributed by atoms with Crippen molar-refractivity contribution < 1.29 is 9.90 Å². The van der Waals surface area contributed by atoms with Gasteiger partial charge in [0.05, 0.1) is 23.7 Å². The Balaban J connectivity index is 1.30. The van der Waals surface area contributed by atoms with Gasteiger partial charge in [-0.3, -0.25) is 14.6 Å². The summed E-state index contributed by atoms with van der Waals surface area (Å²) >= 11 is 0. The Hall–Kier alpha value is -4.01. The molecule has 2 N–H and O–H groups in total. The van der Waals surface area contributed by atoms with Crippen molar-refractivity contribution in [2.45, 2.75) is 19.1 Å². The topological polar surface area (TPSA) is 92.8 Å². The molecule has 3 heterocycles. The zero-order chi connectivity index (χ0) is 25.5. The third kappa shape index (κ3) is 4.39. The van der Waals surface area contributed by atoms with E-state index in [2.05, 4.69) is 45.2 Å². The number of fused-ring (bicyclic) bond motifs is 2. The van der Waals surface area contributed by atoms with E-state index >= 15 is 0 Å². The number of aromatic amines is 1. The number of aromatic nitrogens is 2. The molecule has 2 aliphatic heterocycles. The van der Waals surface area contributed by atoms with Crippen LogP contribution in [0, 0.1) is 0 Å². The van der Waals surface area contributed by atoms with Crippen molar-refractivity contribution in [2.24, 2.45) is 0 Å². The Morgan fingerprint density at radius 2 is 1.73 bits per heavy atom. The highest BCUT2D eigenvalue weighted by atomic mass is 16.4. The molecule has 8 heteroatoms. The lowest BCUT2D eigenvalue weighted by Crippen LogP contribution is -2.43. The summed E-state index contributed by atoms with van der Waals surface area (Å²) in [7, 11) is 2.15. The standard InChI is InChI=1S/C29H29N5O3/c1-32-12-14-33(15-13-32)17-19-6-11-23-22(16-19)18-34(29(36)37)27(23)21-9-7-20(8-10-21)26-24-4-2-3-5-25(24)28(35)31-30-26/h2-11,16,27H,12-15,17-18H2,1H3,(H,31,35)(H,36,37). The second-order valence-electron chi connectivity index (χ2n) is 9.99. The Bertz CT molecular complexity index is 1520. The van der Waals surface area contributed by atoms with Gasteiger partial charge < -0.3 is 10.0 Å². The maximum atomic E-state index is 12.2. The molecule has 37 heavy (non-hydrogen) atoms. The zero-order valence-electron chi connectivity index (χ0n) is 20.7. The maximum Gasteiger partial charge on any atom is 0.408 e. The lowest BCUT2D eigenvalue weighted by atomic mass is 9.95. The van der Waals surface area contributed by atoms with Crippen LogP contribution in [0.15, 0.2) is 71.5 Å². The molecule has 8 nitrogen and oxygen atoms in total. The van der Waals surface area contributed by atoms with Crippen molar-refractivity contribution >= 4 is 16.9 Å². The first kappa shape index (κ1) is 23.4. The summed E-state index contributed by atoms with van der Waals surface area (Å²) in [4.78, 5) is 30.7. The Kier molecular flexibility index (Phi) is 5.98. The van der Waals surface area contributed by atoms with Gasteiger partial charge in [-0.2, -0.15) is 5.10 Å². The van der Waals surface area contributed by atoms with E-state index in [9.17, 15) is 14.7 Å². The number of hydrogen-bond acceptors (Lipinski definition) is 5. The lowest BCUT2D eigenvalue weighted by Gasteiger charge is -2.32. The molecule has 1 amide bonds. The average molecular weight is 496 g/mol. The summed E-state index contributed by atoms with van der Waals surface area (Å²) < 4.78 is 0. The van der Waals surface area contributed by atoms with E-state index in [0.29, 0.717) is 17.6 Å². The Labute approximate surface area is 214 Å².